The first-order chi connectivity index (χ1) is 15.9. The molecule has 33 heavy (non-hydrogen) atoms. The number of rotatable bonds is 10. The number of esters is 1. The quantitative estimate of drug-likeness (QED) is 0.400. The van der Waals surface area contributed by atoms with Crippen LogP contribution in [-0.4, -0.2) is 25.3 Å². The van der Waals surface area contributed by atoms with Gasteiger partial charge in [-0.05, 0) is 100 Å². The number of aryl methyl sites for hydroxylation is 1. The van der Waals surface area contributed by atoms with E-state index in [-0.39, 0.29) is 17.5 Å². The van der Waals surface area contributed by atoms with Crippen LogP contribution in [0.15, 0.2) is 42.0 Å². The van der Waals surface area contributed by atoms with E-state index in [2.05, 4.69) is 19.1 Å². The lowest BCUT2D eigenvalue weighted by molar-refractivity contribution is -0.149. The summed E-state index contributed by atoms with van der Waals surface area (Å²) in [7, 11) is 0. The first-order valence-electron chi connectivity index (χ1n) is 11.9. The van der Waals surface area contributed by atoms with E-state index in [0.29, 0.717) is 19.8 Å². The summed E-state index contributed by atoms with van der Waals surface area (Å²) in [5.74, 6) is 2.49. The molecule has 2 aromatic rings. The molecule has 0 atom stereocenters. The molecule has 0 aromatic heterocycles. The summed E-state index contributed by atoms with van der Waals surface area (Å²) in [6.45, 7) is 9.45. The largest absolute Gasteiger partial charge is 0.491 e. The SMILES string of the molecule is CCOC(=O)C1(CCC2=Cc3ccc(OCc4ccc(OC(C)C)c(C)c4)cc3OC2)CC1. The van der Waals surface area contributed by atoms with Crippen LogP contribution in [0.1, 0.15) is 63.1 Å². The van der Waals surface area contributed by atoms with Crippen LogP contribution in [0.2, 0.25) is 0 Å². The Morgan fingerprint density at radius 1 is 1.15 bits per heavy atom. The summed E-state index contributed by atoms with van der Waals surface area (Å²) in [4.78, 5) is 12.2. The van der Waals surface area contributed by atoms with Crippen molar-refractivity contribution in [1.82, 2.24) is 0 Å². The molecule has 1 aliphatic heterocycles. The van der Waals surface area contributed by atoms with Crippen molar-refractivity contribution in [1.29, 1.82) is 0 Å². The lowest BCUT2D eigenvalue weighted by Crippen LogP contribution is -2.20. The van der Waals surface area contributed by atoms with Crippen molar-refractivity contribution in [2.75, 3.05) is 13.2 Å². The van der Waals surface area contributed by atoms with E-state index >= 15 is 0 Å². The highest BCUT2D eigenvalue weighted by Crippen LogP contribution is 2.51. The first kappa shape index (κ1) is 23.2. The molecule has 0 bridgehead atoms. The van der Waals surface area contributed by atoms with Crippen molar-refractivity contribution in [3.05, 3.63) is 58.7 Å². The van der Waals surface area contributed by atoms with E-state index in [9.17, 15) is 4.79 Å². The van der Waals surface area contributed by atoms with Crippen LogP contribution in [0.3, 0.4) is 0 Å². The van der Waals surface area contributed by atoms with E-state index in [0.717, 1.165) is 59.6 Å². The molecule has 5 nitrogen and oxygen atoms in total. The Morgan fingerprint density at radius 2 is 1.97 bits per heavy atom. The third-order valence-electron chi connectivity index (χ3n) is 6.25. The van der Waals surface area contributed by atoms with Crippen LogP contribution in [-0.2, 0) is 16.1 Å². The van der Waals surface area contributed by atoms with Gasteiger partial charge in [-0.25, -0.2) is 0 Å². The Kier molecular flexibility index (Phi) is 6.96. The van der Waals surface area contributed by atoms with Crippen LogP contribution >= 0.6 is 0 Å². The van der Waals surface area contributed by atoms with Crippen molar-refractivity contribution in [2.24, 2.45) is 5.41 Å². The molecule has 5 heteroatoms. The Bertz CT molecular complexity index is 1030. The molecule has 0 N–H and O–H groups in total. The maximum absolute atomic E-state index is 12.2. The van der Waals surface area contributed by atoms with Gasteiger partial charge < -0.3 is 18.9 Å². The Balaban J connectivity index is 1.34. The van der Waals surface area contributed by atoms with Crippen LogP contribution in [0.25, 0.3) is 6.08 Å². The highest BCUT2D eigenvalue weighted by atomic mass is 16.5. The number of carbonyl (C=O) groups is 1. The zero-order chi connectivity index (χ0) is 23.4. The van der Waals surface area contributed by atoms with Gasteiger partial charge in [-0.1, -0.05) is 6.07 Å². The van der Waals surface area contributed by atoms with Crippen LogP contribution in [0.5, 0.6) is 17.2 Å². The highest BCUT2D eigenvalue weighted by molar-refractivity contribution is 5.79. The smallest absolute Gasteiger partial charge is 0.312 e. The molecule has 176 valence electrons. The molecule has 4 rings (SSSR count). The number of hydrogen-bond acceptors (Lipinski definition) is 5. The topological polar surface area (TPSA) is 54.0 Å². The Hall–Kier alpha value is -2.95. The fourth-order valence-corrected chi connectivity index (χ4v) is 4.17. The van der Waals surface area contributed by atoms with Crippen molar-refractivity contribution in [2.45, 2.75) is 66.1 Å². The molecule has 0 unspecified atom stereocenters. The summed E-state index contributed by atoms with van der Waals surface area (Å²) in [6, 6.07) is 12.1. The molecule has 0 amide bonds. The van der Waals surface area contributed by atoms with E-state index < -0.39 is 0 Å². The van der Waals surface area contributed by atoms with Gasteiger partial charge in [0.25, 0.3) is 0 Å². The van der Waals surface area contributed by atoms with Crippen molar-refractivity contribution < 1.29 is 23.7 Å². The van der Waals surface area contributed by atoms with Crippen LogP contribution < -0.4 is 14.2 Å². The first-order valence-corrected chi connectivity index (χ1v) is 11.9. The molecular weight excluding hydrogens is 416 g/mol. The second-order valence-corrected chi connectivity index (χ2v) is 9.35. The lowest BCUT2D eigenvalue weighted by Gasteiger charge is -2.20. The second-order valence-electron chi connectivity index (χ2n) is 9.35. The molecule has 1 heterocycles. The minimum absolute atomic E-state index is 0.0400. The van der Waals surface area contributed by atoms with Gasteiger partial charge >= 0.3 is 5.97 Å². The maximum atomic E-state index is 12.2. The summed E-state index contributed by atoms with van der Waals surface area (Å²) < 4.78 is 23.1. The van der Waals surface area contributed by atoms with Gasteiger partial charge in [-0.15, -0.1) is 0 Å². The zero-order valence-electron chi connectivity index (χ0n) is 20.1. The number of hydrogen-bond donors (Lipinski definition) is 0. The van der Waals surface area contributed by atoms with E-state index in [4.69, 9.17) is 18.9 Å². The number of benzene rings is 2. The third-order valence-corrected chi connectivity index (χ3v) is 6.25. The van der Waals surface area contributed by atoms with Gasteiger partial charge in [-0.2, -0.15) is 0 Å². The Labute approximate surface area is 196 Å². The van der Waals surface area contributed by atoms with Gasteiger partial charge in [0.2, 0.25) is 0 Å². The monoisotopic (exact) mass is 450 g/mol. The van der Waals surface area contributed by atoms with E-state index in [1.165, 1.54) is 5.57 Å². The molecule has 1 saturated carbocycles. The fraction of sp³-hybridized carbons (Fsp3) is 0.464. The average molecular weight is 451 g/mol. The molecule has 1 aliphatic carbocycles. The molecular formula is C28H34O5. The van der Waals surface area contributed by atoms with Crippen molar-refractivity contribution >= 4 is 12.0 Å². The molecule has 0 radical (unpaired) electrons. The van der Waals surface area contributed by atoms with Gasteiger partial charge in [0, 0.05) is 11.6 Å². The third kappa shape index (κ3) is 5.70. The number of fused-ring (bicyclic) bond motifs is 1. The summed E-state index contributed by atoms with van der Waals surface area (Å²) in [5.41, 5.74) is 4.21. The van der Waals surface area contributed by atoms with Gasteiger partial charge in [0.1, 0.15) is 30.5 Å². The van der Waals surface area contributed by atoms with E-state index in [1.54, 1.807) is 0 Å². The molecule has 2 aromatic carbocycles. The minimum Gasteiger partial charge on any atom is -0.491 e. The van der Waals surface area contributed by atoms with Gasteiger partial charge in [-0.3, -0.25) is 4.79 Å². The molecule has 1 fully saturated rings. The number of ether oxygens (including phenoxy) is 4. The van der Waals surface area contributed by atoms with Gasteiger partial charge in [0.15, 0.2) is 0 Å². The predicted molar refractivity (Wildman–Crippen MR) is 129 cm³/mol. The highest BCUT2D eigenvalue weighted by Gasteiger charge is 2.50. The summed E-state index contributed by atoms with van der Waals surface area (Å²) >= 11 is 0. The maximum Gasteiger partial charge on any atom is 0.312 e. The van der Waals surface area contributed by atoms with Crippen molar-refractivity contribution in [3.63, 3.8) is 0 Å². The van der Waals surface area contributed by atoms with Crippen LogP contribution in [0.4, 0.5) is 0 Å². The Morgan fingerprint density at radius 3 is 2.67 bits per heavy atom. The standard InChI is InChI=1S/C28H34O5/c1-5-30-27(29)28(12-13-28)11-10-22-15-23-7-8-24(16-26(23)32-18-22)31-17-21-6-9-25(20(4)14-21)33-19(2)3/h6-9,14-16,19H,5,10-13,17-18H2,1-4H3. The normalized spacial score (nSPS) is 15.8. The van der Waals surface area contributed by atoms with Crippen molar-refractivity contribution in [3.8, 4) is 17.2 Å². The molecule has 2 aliphatic rings. The summed E-state index contributed by atoms with van der Waals surface area (Å²) in [5, 5.41) is 0. The molecule has 0 saturated heterocycles. The van der Waals surface area contributed by atoms with E-state index in [1.807, 2.05) is 51.1 Å². The van der Waals surface area contributed by atoms with Crippen LogP contribution in [0, 0.1) is 12.3 Å². The second kappa shape index (κ2) is 9.90. The zero-order valence-corrected chi connectivity index (χ0v) is 20.1. The summed E-state index contributed by atoms with van der Waals surface area (Å²) in [6.07, 6.45) is 5.89. The molecule has 0 spiro atoms. The fourth-order valence-electron chi connectivity index (χ4n) is 4.17. The predicted octanol–water partition coefficient (Wildman–Crippen LogP) is 6.26. The minimum atomic E-state index is -0.258. The lowest BCUT2D eigenvalue weighted by atomic mass is 9.95. The number of carbonyl (C=O) groups excluding carboxylic acids is 1. The average Bonchev–Trinajstić information content (AvgIpc) is 3.59. The van der Waals surface area contributed by atoms with Gasteiger partial charge in [0.05, 0.1) is 18.1 Å².